The maximum Gasteiger partial charge on any atom is 0.210 e. The first kappa shape index (κ1) is 19.9. The van der Waals surface area contributed by atoms with Gasteiger partial charge in [0, 0.05) is 11.3 Å². The van der Waals surface area contributed by atoms with E-state index >= 15 is 0 Å². The second kappa shape index (κ2) is 9.89. The van der Waals surface area contributed by atoms with Gasteiger partial charge in [0.1, 0.15) is 17.2 Å². The number of nitrogen functional groups attached to an aromatic ring is 1. The van der Waals surface area contributed by atoms with Crippen LogP contribution in [0, 0.1) is 0 Å². The summed E-state index contributed by atoms with van der Waals surface area (Å²) in [6.45, 7) is 5.72. The summed E-state index contributed by atoms with van der Waals surface area (Å²) >= 11 is 1.49. The van der Waals surface area contributed by atoms with Gasteiger partial charge in [-0.1, -0.05) is 11.8 Å². The molecule has 7 nitrogen and oxygen atoms in total. The molecule has 0 bridgehead atoms. The van der Waals surface area contributed by atoms with Crippen LogP contribution in [0.15, 0.2) is 53.7 Å². The fourth-order valence-corrected chi connectivity index (χ4v) is 3.20. The molecule has 0 unspecified atom stereocenters. The fraction of sp³-hybridized carbons (Fsp3) is 0.300. The van der Waals surface area contributed by atoms with Crippen molar-refractivity contribution < 1.29 is 14.2 Å². The van der Waals surface area contributed by atoms with E-state index in [2.05, 4.69) is 10.2 Å². The topological polar surface area (TPSA) is 84.4 Å². The summed E-state index contributed by atoms with van der Waals surface area (Å²) in [5.74, 6) is 9.91. The third kappa shape index (κ3) is 5.10. The zero-order chi connectivity index (χ0) is 19.8. The van der Waals surface area contributed by atoms with Gasteiger partial charge >= 0.3 is 0 Å². The maximum atomic E-state index is 6.16. The highest BCUT2D eigenvalue weighted by molar-refractivity contribution is 7.99. The highest BCUT2D eigenvalue weighted by atomic mass is 32.2. The standard InChI is InChI=1S/C20H24N4O3S/c1-3-25-16-7-5-15(6-8-16)19-22-23-20(24(19)21)28-14-13-27-18-11-9-17(10-12-18)26-4-2/h5-12H,3-4,13-14,21H2,1-2H3. The Morgan fingerprint density at radius 2 is 1.36 bits per heavy atom. The molecule has 1 aromatic heterocycles. The molecule has 2 N–H and O–H groups in total. The van der Waals surface area contributed by atoms with Crippen LogP contribution in [0.2, 0.25) is 0 Å². The van der Waals surface area contributed by atoms with Crippen molar-refractivity contribution in [2.24, 2.45) is 0 Å². The molecule has 0 aliphatic carbocycles. The van der Waals surface area contributed by atoms with Gasteiger partial charge in [-0.15, -0.1) is 10.2 Å². The van der Waals surface area contributed by atoms with Crippen molar-refractivity contribution in [2.45, 2.75) is 19.0 Å². The number of hydrogen-bond acceptors (Lipinski definition) is 7. The zero-order valence-electron chi connectivity index (χ0n) is 16.0. The summed E-state index contributed by atoms with van der Waals surface area (Å²) in [5, 5.41) is 9.01. The first-order valence-electron chi connectivity index (χ1n) is 9.13. The highest BCUT2D eigenvalue weighted by Gasteiger charge is 2.12. The number of hydrogen-bond donors (Lipinski definition) is 1. The Labute approximate surface area is 168 Å². The molecule has 148 valence electrons. The monoisotopic (exact) mass is 400 g/mol. The SMILES string of the molecule is CCOc1ccc(OCCSc2nnc(-c3ccc(OCC)cc3)n2N)cc1. The Morgan fingerprint density at radius 1 is 0.821 bits per heavy atom. The van der Waals surface area contributed by atoms with Crippen LogP contribution in [0.3, 0.4) is 0 Å². The molecule has 3 aromatic rings. The van der Waals surface area contributed by atoms with Crippen molar-refractivity contribution in [1.29, 1.82) is 0 Å². The lowest BCUT2D eigenvalue weighted by atomic mass is 10.2. The van der Waals surface area contributed by atoms with Gasteiger partial charge in [0.15, 0.2) is 5.82 Å². The summed E-state index contributed by atoms with van der Waals surface area (Å²) in [4.78, 5) is 0. The van der Waals surface area contributed by atoms with E-state index in [9.17, 15) is 0 Å². The maximum absolute atomic E-state index is 6.16. The molecule has 0 saturated carbocycles. The number of nitrogens with two attached hydrogens (primary N) is 1. The Hall–Kier alpha value is -2.87. The average molecular weight is 401 g/mol. The van der Waals surface area contributed by atoms with Gasteiger partial charge in [0.25, 0.3) is 0 Å². The normalized spacial score (nSPS) is 10.6. The molecule has 0 amide bonds. The molecule has 1 heterocycles. The van der Waals surface area contributed by atoms with Crippen molar-refractivity contribution in [3.8, 4) is 28.6 Å². The average Bonchev–Trinajstić information content (AvgIpc) is 3.08. The lowest BCUT2D eigenvalue weighted by molar-refractivity contribution is 0.332. The van der Waals surface area contributed by atoms with Crippen molar-refractivity contribution in [3.05, 3.63) is 48.5 Å². The Balaban J connectivity index is 1.51. The molecule has 3 rings (SSSR count). The van der Waals surface area contributed by atoms with Gasteiger partial charge in [-0.05, 0) is 62.4 Å². The van der Waals surface area contributed by atoms with Crippen LogP contribution in [-0.4, -0.2) is 40.4 Å². The smallest absolute Gasteiger partial charge is 0.210 e. The fourth-order valence-electron chi connectivity index (χ4n) is 2.53. The van der Waals surface area contributed by atoms with Crippen LogP contribution >= 0.6 is 11.8 Å². The van der Waals surface area contributed by atoms with Gasteiger partial charge in [-0.25, -0.2) is 4.68 Å². The summed E-state index contributed by atoms with van der Waals surface area (Å²) in [6.07, 6.45) is 0. The Kier molecular flexibility index (Phi) is 7.02. The lowest BCUT2D eigenvalue weighted by Gasteiger charge is -2.08. The summed E-state index contributed by atoms with van der Waals surface area (Å²) in [7, 11) is 0. The third-order valence-electron chi connectivity index (χ3n) is 3.81. The second-order valence-electron chi connectivity index (χ2n) is 5.73. The van der Waals surface area contributed by atoms with E-state index in [0.29, 0.717) is 36.6 Å². The van der Waals surface area contributed by atoms with Crippen LogP contribution in [0.4, 0.5) is 0 Å². The number of nitrogens with zero attached hydrogens (tertiary/aromatic N) is 3. The van der Waals surface area contributed by atoms with E-state index in [1.54, 1.807) is 0 Å². The predicted octanol–water partition coefficient (Wildman–Crippen LogP) is 3.63. The van der Waals surface area contributed by atoms with Gasteiger partial charge in [-0.2, -0.15) is 0 Å². The van der Waals surface area contributed by atoms with Gasteiger partial charge in [-0.3, -0.25) is 0 Å². The van der Waals surface area contributed by atoms with Crippen molar-refractivity contribution in [3.63, 3.8) is 0 Å². The molecule has 0 spiro atoms. The van der Waals surface area contributed by atoms with E-state index in [4.69, 9.17) is 20.1 Å². The molecule has 0 fully saturated rings. The summed E-state index contributed by atoms with van der Waals surface area (Å²) < 4.78 is 18.1. The molecule has 0 saturated heterocycles. The van der Waals surface area contributed by atoms with E-state index in [-0.39, 0.29) is 0 Å². The summed E-state index contributed by atoms with van der Waals surface area (Å²) in [6, 6.07) is 15.2. The van der Waals surface area contributed by atoms with Crippen LogP contribution in [0.25, 0.3) is 11.4 Å². The number of ether oxygens (including phenoxy) is 3. The molecule has 8 heteroatoms. The Bertz CT molecular complexity index is 866. The van der Waals surface area contributed by atoms with Gasteiger partial charge < -0.3 is 20.1 Å². The number of rotatable bonds is 10. The molecule has 0 aliphatic heterocycles. The van der Waals surface area contributed by atoms with E-state index in [1.165, 1.54) is 16.4 Å². The number of aromatic nitrogens is 3. The highest BCUT2D eigenvalue weighted by Crippen LogP contribution is 2.24. The second-order valence-corrected chi connectivity index (χ2v) is 6.80. The van der Waals surface area contributed by atoms with Crippen molar-refractivity contribution in [2.75, 3.05) is 31.4 Å². The lowest BCUT2D eigenvalue weighted by Crippen LogP contribution is -2.12. The molecule has 0 radical (unpaired) electrons. The molecular formula is C20H24N4O3S. The van der Waals surface area contributed by atoms with Gasteiger partial charge in [0.2, 0.25) is 5.16 Å². The number of benzene rings is 2. The zero-order valence-corrected chi connectivity index (χ0v) is 16.8. The molecule has 2 aromatic carbocycles. The Morgan fingerprint density at radius 3 is 1.93 bits per heavy atom. The van der Waals surface area contributed by atoms with E-state index in [1.807, 2.05) is 62.4 Å². The first-order chi connectivity index (χ1) is 13.7. The van der Waals surface area contributed by atoms with Crippen molar-refractivity contribution >= 4 is 11.8 Å². The molecular weight excluding hydrogens is 376 g/mol. The quantitative estimate of drug-likeness (QED) is 0.316. The van der Waals surface area contributed by atoms with Crippen molar-refractivity contribution in [1.82, 2.24) is 14.9 Å². The predicted molar refractivity (Wildman–Crippen MR) is 111 cm³/mol. The molecule has 28 heavy (non-hydrogen) atoms. The minimum Gasteiger partial charge on any atom is -0.494 e. The van der Waals surface area contributed by atoms with Crippen LogP contribution < -0.4 is 20.1 Å². The minimum absolute atomic E-state index is 0.532. The first-order valence-corrected chi connectivity index (χ1v) is 10.1. The van der Waals surface area contributed by atoms with E-state index in [0.717, 1.165) is 22.8 Å². The van der Waals surface area contributed by atoms with Crippen LogP contribution in [0.5, 0.6) is 17.2 Å². The minimum atomic E-state index is 0.532. The number of thioether (sulfide) groups is 1. The van der Waals surface area contributed by atoms with Crippen LogP contribution in [-0.2, 0) is 0 Å². The third-order valence-corrected chi connectivity index (χ3v) is 4.71. The molecule has 0 atom stereocenters. The summed E-state index contributed by atoms with van der Waals surface area (Å²) in [5.41, 5.74) is 0.885. The van der Waals surface area contributed by atoms with Gasteiger partial charge in [0.05, 0.1) is 19.8 Å². The van der Waals surface area contributed by atoms with Crippen LogP contribution in [0.1, 0.15) is 13.8 Å². The largest absolute Gasteiger partial charge is 0.494 e. The van der Waals surface area contributed by atoms with E-state index < -0.39 is 0 Å². The molecule has 0 aliphatic rings.